The van der Waals surface area contributed by atoms with Gasteiger partial charge in [0.15, 0.2) is 5.75 Å². The van der Waals surface area contributed by atoms with Gasteiger partial charge in [-0.15, -0.1) is 0 Å². The molecule has 0 aliphatic carbocycles. The summed E-state index contributed by atoms with van der Waals surface area (Å²) in [4.78, 5) is 8.38. The van der Waals surface area contributed by atoms with E-state index in [0.29, 0.717) is 18.0 Å². The summed E-state index contributed by atoms with van der Waals surface area (Å²) in [6.07, 6.45) is 4.91. The summed E-state index contributed by atoms with van der Waals surface area (Å²) < 4.78 is 5.53. The number of benzene rings is 1. The van der Waals surface area contributed by atoms with E-state index >= 15 is 0 Å². The molecule has 2 aromatic rings. The van der Waals surface area contributed by atoms with Crippen molar-refractivity contribution in [1.82, 2.24) is 9.97 Å². The molecule has 3 N–H and O–H groups in total. The Kier molecular flexibility index (Phi) is 4.09. The number of hydrogen-bond acceptors (Lipinski definition) is 5. The highest BCUT2D eigenvalue weighted by Crippen LogP contribution is 2.22. The third kappa shape index (κ3) is 3.43. The van der Waals surface area contributed by atoms with E-state index in [1.54, 1.807) is 36.7 Å². The average molecular weight is 245 g/mol. The Balaban J connectivity index is 1.99. The van der Waals surface area contributed by atoms with Crippen molar-refractivity contribution < 1.29 is 9.84 Å². The first-order valence-electron chi connectivity index (χ1n) is 5.76. The fraction of sp³-hybridized carbons (Fsp3) is 0.231. The van der Waals surface area contributed by atoms with Gasteiger partial charge in [-0.25, -0.2) is 9.97 Å². The van der Waals surface area contributed by atoms with Crippen LogP contribution in [0.1, 0.15) is 12.2 Å². The maximum atomic E-state index is 9.15. The lowest BCUT2D eigenvalue weighted by Crippen LogP contribution is -2.03. The summed E-state index contributed by atoms with van der Waals surface area (Å²) in [5.41, 5.74) is 5.42. The molecular formula is C13H15N3O2. The van der Waals surface area contributed by atoms with Crippen molar-refractivity contribution in [3.63, 3.8) is 0 Å². The standard InChI is InChI=1S/C13H15N3O2/c14-7-1-2-13-15-8-12(9-16-13)18-11-5-3-10(17)4-6-11/h3-6,8-9,17H,1-2,7,14H2. The van der Waals surface area contributed by atoms with Crippen LogP contribution < -0.4 is 10.5 Å². The third-order valence-corrected chi connectivity index (χ3v) is 2.36. The molecule has 0 spiro atoms. The van der Waals surface area contributed by atoms with E-state index in [9.17, 15) is 0 Å². The summed E-state index contributed by atoms with van der Waals surface area (Å²) in [6.45, 7) is 0.634. The third-order valence-electron chi connectivity index (χ3n) is 2.36. The Morgan fingerprint density at radius 3 is 2.33 bits per heavy atom. The summed E-state index contributed by atoms with van der Waals surface area (Å²) in [7, 11) is 0. The van der Waals surface area contributed by atoms with E-state index in [4.69, 9.17) is 15.6 Å². The van der Waals surface area contributed by atoms with Gasteiger partial charge in [-0.05, 0) is 37.2 Å². The van der Waals surface area contributed by atoms with E-state index in [1.807, 2.05) is 0 Å². The molecule has 5 nitrogen and oxygen atoms in total. The van der Waals surface area contributed by atoms with Gasteiger partial charge in [0.1, 0.15) is 17.3 Å². The van der Waals surface area contributed by atoms with Crippen LogP contribution in [0.15, 0.2) is 36.7 Å². The van der Waals surface area contributed by atoms with Crippen LogP contribution >= 0.6 is 0 Å². The number of phenols is 1. The first kappa shape index (κ1) is 12.3. The van der Waals surface area contributed by atoms with Gasteiger partial charge < -0.3 is 15.6 Å². The van der Waals surface area contributed by atoms with Gasteiger partial charge in [-0.3, -0.25) is 0 Å². The second kappa shape index (κ2) is 5.97. The molecule has 0 aliphatic heterocycles. The highest BCUT2D eigenvalue weighted by molar-refractivity contribution is 5.33. The number of ether oxygens (including phenoxy) is 1. The molecule has 1 aromatic carbocycles. The monoisotopic (exact) mass is 245 g/mol. The minimum atomic E-state index is 0.204. The molecule has 1 aromatic heterocycles. The molecule has 2 rings (SSSR count). The van der Waals surface area contributed by atoms with E-state index in [0.717, 1.165) is 18.7 Å². The molecule has 0 saturated heterocycles. The predicted octanol–water partition coefficient (Wildman–Crippen LogP) is 1.87. The first-order valence-corrected chi connectivity index (χ1v) is 5.76. The molecule has 94 valence electrons. The van der Waals surface area contributed by atoms with Crippen LogP contribution in [0.25, 0.3) is 0 Å². The number of aromatic hydroxyl groups is 1. The zero-order chi connectivity index (χ0) is 12.8. The summed E-state index contributed by atoms with van der Waals surface area (Å²) >= 11 is 0. The first-order chi connectivity index (χ1) is 8.78. The maximum Gasteiger partial charge on any atom is 0.164 e. The maximum absolute atomic E-state index is 9.15. The highest BCUT2D eigenvalue weighted by Gasteiger charge is 2.00. The summed E-state index contributed by atoms with van der Waals surface area (Å²) in [6, 6.07) is 6.48. The van der Waals surface area contributed by atoms with Gasteiger partial charge in [0.25, 0.3) is 0 Å². The highest BCUT2D eigenvalue weighted by atomic mass is 16.5. The van der Waals surface area contributed by atoms with Gasteiger partial charge in [0.05, 0.1) is 12.4 Å². The van der Waals surface area contributed by atoms with Crippen LogP contribution in [-0.2, 0) is 6.42 Å². The molecule has 0 amide bonds. The molecule has 0 unspecified atom stereocenters. The minimum absolute atomic E-state index is 0.204. The molecule has 0 aliphatic rings. The second-order valence-electron chi connectivity index (χ2n) is 3.82. The Morgan fingerprint density at radius 1 is 1.06 bits per heavy atom. The van der Waals surface area contributed by atoms with Gasteiger partial charge >= 0.3 is 0 Å². The zero-order valence-electron chi connectivity index (χ0n) is 9.91. The van der Waals surface area contributed by atoms with Gasteiger partial charge in [-0.1, -0.05) is 0 Å². The Morgan fingerprint density at radius 2 is 1.72 bits per heavy atom. The Labute approximate surface area is 105 Å². The zero-order valence-corrected chi connectivity index (χ0v) is 9.91. The molecule has 0 radical (unpaired) electrons. The second-order valence-corrected chi connectivity index (χ2v) is 3.82. The van der Waals surface area contributed by atoms with Crippen molar-refractivity contribution in [2.75, 3.05) is 6.54 Å². The lowest BCUT2D eigenvalue weighted by atomic mass is 10.3. The quantitative estimate of drug-likeness (QED) is 0.840. The minimum Gasteiger partial charge on any atom is -0.508 e. The predicted molar refractivity (Wildman–Crippen MR) is 67.6 cm³/mol. The van der Waals surface area contributed by atoms with Crippen molar-refractivity contribution in [3.8, 4) is 17.2 Å². The number of hydrogen-bond donors (Lipinski definition) is 2. The number of phenolic OH excluding ortho intramolecular Hbond substituents is 1. The molecule has 0 bridgehead atoms. The van der Waals surface area contributed by atoms with E-state index in [-0.39, 0.29) is 5.75 Å². The van der Waals surface area contributed by atoms with Crippen LogP contribution in [0.4, 0.5) is 0 Å². The van der Waals surface area contributed by atoms with Crippen molar-refractivity contribution in [2.45, 2.75) is 12.8 Å². The van der Waals surface area contributed by atoms with Crippen LogP contribution in [0.3, 0.4) is 0 Å². The summed E-state index contributed by atoms with van der Waals surface area (Å²) in [5, 5.41) is 9.15. The fourth-order valence-electron chi connectivity index (χ4n) is 1.44. The molecule has 1 heterocycles. The van der Waals surface area contributed by atoms with Crippen molar-refractivity contribution >= 4 is 0 Å². The van der Waals surface area contributed by atoms with E-state index in [1.165, 1.54) is 0 Å². The van der Waals surface area contributed by atoms with Gasteiger partial charge in [0, 0.05) is 6.42 Å². The number of rotatable bonds is 5. The van der Waals surface area contributed by atoms with Gasteiger partial charge in [-0.2, -0.15) is 0 Å². The lowest BCUT2D eigenvalue weighted by Gasteiger charge is -2.05. The Hall–Kier alpha value is -2.14. The van der Waals surface area contributed by atoms with Crippen LogP contribution in [-0.4, -0.2) is 21.6 Å². The molecule has 5 heteroatoms. The molecule has 18 heavy (non-hydrogen) atoms. The van der Waals surface area contributed by atoms with Crippen molar-refractivity contribution in [3.05, 3.63) is 42.5 Å². The molecule has 0 saturated carbocycles. The Bertz CT molecular complexity index is 483. The number of aromatic nitrogens is 2. The van der Waals surface area contributed by atoms with Gasteiger partial charge in [0.2, 0.25) is 0 Å². The van der Waals surface area contributed by atoms with Crippen molar-refractivity contribution in [2.24, 2.45) is 5.73 Å². The smallest absolute Gasteiger partial charge is 0.164 e. The average Bonchev–Trinajstić information content (AvgIpc) is 2.41. The normalized spacial score (nSPS) is 10.3. The largest absolute Gasteiger partial charge is 0.508 e. The number of nitrogens with zero attached hydrogens (tertiary/aromatic N) is 2. The van der Waals surface area contributed by atoms with Crippen LogP contribution in [0.5, 0.6) is 17.2 Å². The number of aryl methyl sites for hydroxylation is 1. The van der Waals surface area contributed by atoms with Crippen molar-refractivity contribution in [1.29, 1.82) is 0 Å². The summed E-state index contributed by atoms with van der Waals surface area (Å²) in [5.74, 6) is 2.16. The van der Waals surface area contributed by atoms with Crippen LogP contribution in [0.2, 0.25) is 0 Å². The van der Waals surface area contributed by atoms with Crippen LogP contribution in [0, 0.1) is 0 Å². The SMILES string of the molecule is NCCCc1ncc(Oc2ccc(O)cc2)cn1. The molecule has 0 fully saturated rings. The topological polar surface area (TPSA) is 81.3 Å². The molecule has 0 atom stereocenters. The number of nitrogens with two attached hydrogens (primary N) is 1. The van der Waals surface area contributed by atoms with E-state index < -0.39 is 0 Å². The van der Waals surface area contributed by atoms with E-state index in [2.05, 4.69) is 9.97 Å². The molecular weight excluding hydrogens is 230 g/mol. The lowest BCUT2D eigenvalue weighted by molar-refractivity contribution is 0.462. The fourth-order valence-corrected chi connectivity index (χ4v) is 1.44.